The van der Waals surface area contributed by atoms with Gasteiger partial charge in [0.15, 0.2) is 0 Å². The molecule has 1 N–H and O–H groups in total. The van der Waals surface area contributed by atoms with Gasteiger partial charge in [0.1, 0.15) is 28.9 Å². The highest BCUT2D eigenvalue weighted by atomic mass is 19.1. The third kappa shape index (κ3) is 4.11. The van der Waals surface area contributed by atoms with Crippen LogP contribution in [0.15, 0.2) is 60.7 Å². The zero-order chi connectivity index (χ0) is 22.0. The van der Waals surface area contributed by atoms with E-state index in [4.69, 9.17) is 4.74 Å². The Morgan fingerprint density at radius 2 is 1.77 bits per heavy atom. The lowest BCUT2D eigenvalue weighted by Gasteiger charge is -2.41. The minimum atomic E-state index is -1.09. The summed E-state index contributed by atoms with van der Waals surface area (Å²) in [6.07, 6.45) is -0.193. The summed E-state index contributed by atoms with van der Waals surface area (Å²) in [6.45, 7) is 0.000792. The lowest BCUT2D eigenvalue weighted by atomic mass is 9.86. The second-order valence-electron chi connectivity index (χ2n) is 7.25. The van der Waals surface area contributed by atoms with Crippen LogP contribution < -0.4 is 4.90 Å². The fraction of sp³-hybridized carbons (Fsp3) is 0.217. The van der Waals surface area contributed by atoms with Crippen molar-refractivity contribution < 1.29 is 27.8 Å². The maximum absolute atomic E-state index is 14.2. The largest absolute Gasteiger partial charge is 0.437 e. The van der Waals surface area contributed by atoms with Crippen LogP contribution >= 0.6 is 0 Å². The molecule has 0 radical (unpaired) electrons. The molecular weight excluding hydrogens is 409 g/mol. The summed E-state index contributed by atoms with van der Waals surface area (Å²) in [6, 6.07) is 13.6. The molecule has 0 saturated carbocycles. The lowest BCUT2D eigenvalue weighted by Crippen LogP contribution is -2.48. The Kier molecular flexibility index (Phi) is 5.65. The van der Waals surface area contributed by atoms with Gasteiger partial charge in [-0.05, 0) is 42.0 Å². The van der Waals surface area contributed by atoms with Gasteiger partial charge in [0, 0.05) is 37.6 Å². The molecule has 5 nitrogen and oxygen atoms in total. The molecule has 4 rings (SSSR count). The number of aliphatic hydroxyl groups excluding tert-OH is 1. The second kappa shape index (κ2) is 8.39. The molecule has 1 aliphatic heterocycles. The molecule has 160 valence electrons. The second-order valence-corrected chi connectivity index (χ2v) is 7.25. The minimum absolute atomic E-state index is 0.106. The topological polar surface area (TPSA) is 62.7 Å². The summed E-state index contributed by atoms with van der Waals surface area (Å²) in [4.78, 5) is 18.5. The number of hydrogen-bond donors (Lipinski definition) is 1. The van der Waals surface area contributed by atoms with Gasteiger partial charge in [-0.25, -0.2) is 22.9 Å². The predicted molar refractivity (Wildman–Crippen MR) is 108 cm³/mol. The summed E-state index contributed by atoms with van der Waals surface area (Å²) in [7, 11) is 0. The monoisotopic (exact) mass is 428 g/mol. The molecule has 1 amide bonds. The fourth-order valence-corrected chi connectivity index (χ4v) is 3.74. The van der Waals surface area contributed by atoms with E-state index in [1.165, 1.54) is 35.2 Å². The third-order valence-corrected chi connectivity index (χ3v) is 5.35. The van der Waals surface area contributed by atoms with Crippen LogP contribution in [0.2, 0.25) is 0 Å². The summed E-state index contributed by atoms with van der Waals surface area (Å²) in [5.41, 5.74) is -0.148. The number of pyridine rings is 1. The average molecular weight is 428 g/mol. The Labute approximate surface area is 176 Å². The highest BCUT2D eigenvalue weighted by Gasteiger charge is 2.42. The number of ether oxygens (including phenoxy) is 1. The number of carbonyl (C=O) groups excluding carboxylic acids is 1. The van der Waals surface area contributed by atoms with Crippen molar-refractivity contribution in [2.24, 2.45) is 0 Å². The van der Waals surface area contributed by atoms with Gasteiger partial charge >= 0.3 is 6.09 Å². The molecule has 2 aromatic carbocycles. The van der Waals surface area contributed by atoms with E-state index >= 15 is 0 Å². The number of halogens is 3. The number of cyclic esters (lactones) is 1. The molecule has 1 fully saturated rings. The Balaban J connectivity index is 1.61. The molecule has 1 saturated heterocycles. The molecule has 2 heterocycles. The van der Waals surface area contributed by atoms with Crippen molar-refractivity contribution in [3.8, 4) is 11.3 Å². The van der Waals surface area contributed by atoms with E-state index in [1.807, 2.05) is 0 Å². The number of amides is 1. The van der Waals surface area contributed by atoms with Crippen LogP contribution in [-0.4, -0.2) is 29.3 Å². The van der Waals surface area contributed by atoms with Gasteiger partial charge < -0.3 is 9.84 Å². The quantitative estimate of drug-likeness (QED) is 0.635. The number of aromatic nitrogens is 1. The zero-order valence-electron chi connectivity index (χ0n) is 16.4. The van der Waals surface area contributed by atoms with E-state index in [-0.39, 0.29) is 36.6 Å². The molecule has 0 spiro atoms. The van der Waals surface area contributed by atoms with Crippen LogP contribution in [0.4, 0.5) is 23.8 Å². The van der Waals surface area contributed by atoms with Crippen LogP contribution in [0.25, 0.3) is 11.3 Å². The number of anilines is 1. The van der Waals surface area contributed by atoms with E-state index in [2.05, 4.69) is 4.98 Å². The Bertz CT molecular complexity index is 1110. The standard InChI is InChI=1S/C23H19F3N2O3/c24-16-6-4-15(5-7-16)23(11-13-29)10-12-28(22(30)31-23)21-3-1-2-20(27-21)18-9-8-17(25)14-19(18)26/h1-9,14,29H,10-13H2. The van der Waals surface area contributed by atoms with Crippen molar-refractivity contribution in [3.05, 3.63) is 83.7 Å². The number of nitrogens with zero attached hydrogens (tertiary/aromatic N) is 2. The summed E-state index contributed by atoms with van der Waals surface area (Å²) < 4.78 is 46.4. The maximum Gasteiger partial charge on any atom is 0.416 e. The van der Waals surface area contributed by atoms with Gasteiger partial charge in [0.2, 0.25) is 0 Å². The minimum Gasteiger partial charge on any atom is -0.437 e. The summed E-state index contributed by atoms with van der Waals surface area (Å²) >= 11 is 0. The van der Waals surface area contributed by atoms with Crippen LogP contribution in [0, 0.1) is 17.5 Å². The average Bonchev–Trinajstić information content (AvgIpc) is 2.74. The van der Waals surface area contributed by atoms with E-state index in [0.29, 0.717) is 12.0 Å². The first kappa shape index (κ1) is 20.9. The van der Waals surface area contributed by atoms with Crippen molar-refractivity contribution in [3.63, 3.8) is 0 Å². The molecule has 1 aliphatic rings. The van der Waals surface area contributed by atoms with Crippen LogP contribution in [0.3, 0.4) is 0 Å². The number of hydrogen-bond acceptors (Lipinski definition) is 4. The molecule has 1 atom stereocenters. The van der Waals surface area contributed by atoms with Crippen molar-refractivity contribution in [2.45, 2.75) is 18.4 Å². The van der Waals surface area contributed by atoms with E-state index in [9.17, 15) is 23.1 Å². The molecule has 8 heteroatoms. The SMILES string of the molecule is O=C1OC(CCO)(c2ccc(F)cc2)CCN1c1cccc(-c2ccc(F)cc2F)n1. The molecule has 0 bridgehead atoms. The number of carbonyl (C=O) groups is 1. The van der Waals surface area contributed by atoms with Crippen LogP contribution in [-0.2, 0) is 10.3 Å². The van der Waals surface area contributed by atoms with Crippen molar-refractivity contribution >= 4 is 11.9 Å². The Morgan fingerprint density at radius 3 is 2.45 bits per heavy atom. The van der Waals surface area contributed by atoms with E-state index in [1.54, 1.807) is 18.2 Å². The first-order valence-corrected chi connectivity index (χ1v) is 9.72. The molecule has 3 aromatic rings. The van der Waals surface area contributed by atoms with Crippen LogP contribution in [0.5, 0.6) is 0 Å². The fourth-order valence-electron chi connectivity index (χ4n) is 3.74. The molecule has 1 aromatic heterocycles. The molecule has 0 aliphatic carbocycles. The molecule has 1 unspecified atom stereocenters. The van der Waals surface area contributed by atoms with E-state index in [0.717, 1.165) is 12.1 Å². The van der Waals surface area contributed by atoms with Gasteiger partial charge in [-0.15, -0.1) is 0 Å². The summed E-state index contributed by atoms with van der Waals surface area (Å²) in [5, 5.41) is 9.52. The molecular formula is C23H19F3N2O3. The number of rotatable bonds is 5. The van der Waals surface area contributed by atoms with Gasteiger partial charge in [-0.3, -0.25) is 4.90 Å². The zero-order valence-corrected chi connectivity index (χ0v) is 16.4. The van der Waals surface area contributed by atoms with Gasteiger partial charge in [0.05, 0.1) is 5.69 Å². The van der Waals surface area contributed by atoms with Gasteiger partial charge in [-0.1, -0.05) is 18.2 Å². The van der Waals surface area contributed by atoms with Gasteiger partial charge in [0.25, 0.3) is 0 Å². The highest BCUT2D eigenvalue weighted by Crippen LogP contribution is 2.38. The first-order valence-electron chi connectivity index (χ1n) is 9.72. The Hall–Kier alpha value is -3.39. The van der Waals surface area contributed by atoms with E-state index < -0.39 is 29.1 Å². The number of aliphatic hydroxyl groups is 1. The summed E-state index contributed by atoms with van der Waals surface area (Å²) in [5.74, 6) is -1.62. The van der Waals surface area contributed by atoms with Crippen molar-refractivity contribution in [2.75, 3.05) is 18.1 Å². The van der Waals surface area contributed by atoms with Crippen LogP contribution in [0.1, 0.15) is 18.4 Å². The lowest BCUT2D eigenvalue weighted by molar-refractivity contribution is -0.0259. The van der Waals surface area contributed by atoms with Crippen molar-refractivity contribution in [1.29, 1.82) is 0 Å². The smallest absolute Gasteiger partial charge is 0.416 e. The Morgan fingerprint density at radius 1 is 1.03 bits per heavy atom. The number of benzene rings is 2. The normalized spacial score (nSPS) is 18.7. The van der Waals surface area contributed by atoms with Crippen molar-refractivity contribution in [1.82, 2.24) is 4.98 Å². The predicted octanol–water partition coefficient (Wildman–Crippen LogP) is 4.79. The van der Waals surface area contributed by atoms with Gasteiger partial charge in [-0.2, -0.15) is 0 Å². The first-order chi connectivity index (χ1) is 14.9. The third-order valence-electron chi connectivity index (χ3n) is 5.35. The maximum atomic E-state index is 14.2. The molecule has 31 heavy (non-hydrogen) atoms. The highest BCUT2D eigenvalue weighted by molar-refractivity contribution is 5.88.